The minimum Gasteiger partial charge on any atom is -0.348 e. The highest BCUT2D eigenvalue weighted by Gasteiger charge is 2.13. The number of hydrogen-bond acceptors (Lipinski definition) is 1. The van der Waals surface area contributed by atoms with Crippen molar-refractivity contribution in [2.24, 2.45) is 0 Å². The topological polar surface area (TPSA) is 29.1 Å². The van der Waals surface area contributed by atoms with Crippen LogP contribution in [0.25, 0.3) is 0 Å². The Bertz CT molecular complexity index is 593. The first-order valence-electron chi connectivity index (χ1n) is 6.69. The second-order valence-corrected chi connectivity index (χ2v) is 5.97. The predicted octanol–water partition coefficient (Wildman–Crippen LogP) is 4.50. The molecular weight excluding hydrogens is 314 g/mol. The largest absolute Gasteiger partial charge is 0.348 e. The second kappa shape index (κ2) is 6.71. The molecule has 0 spiro atoms. The average Bonchev–Trinajstić information content (AvgIpc) is 2.45. The molecule has 20 heavy (non-hydrogen) atoms. The number of carbonyl (C=O) groups excluding carboxylic acids is 1. The molecule has 2 aromatic rings. The van der Waals surface area contributed by atoms with E-state index >= 15 is 0 Å². The van der Waals surface area contributed by atoms with E-state index in [0.717, 1.165) is 21.2 Å². The van der Waals surface area contributed by atoms with Crippen molar-refractivity contribution in [1.82, 2.24) is 5.32 Å². The number of amides is 1. The van der Waals surface area contributed by atoms with E-state index < -0.39 is 0 Å². The van der Waals surface area contributed by atoms with Gasteiger partial charge in [0.1, 0.15) is 0 Å². The van der Waals surface area contributed by atoms with Crippen LogP contribution in [0.3, 0.4) is 0 Å². The predicted molar refractivity (Wildman–Crippen MR) is 85.8 cm³/mol. The van der Waals surface area contributed by atoms with E-state index in [2.05, 4.69) is 35.1 Å². The van der Waals surface area contributed by atoms with Gasteiger partial charge in [0.2, 0.25) is 0 Å². The summed E-state index contributed by atoms with van der Waals surface area (Å²) < 4.78 is 1.00. The molecule has 0 aliphatic rings. The normalized spacial score (nSPS) is 10.6. The summed E-state index contributed by atoms with van der Waals surface area (Å²) in [7, 11) is 0. The zero-order valence-electron chi connectivity index (χ0n) is 11.7. The first-order chi connectivity index (χ1) is 9.58. The van der Waals surface area contributed by atoms with Crippen molar-refractivity contribution in [3.63, 3.8) is 0 Å². The Balaban J connectivity index is 2.13. The van der Waals surface area contributed by atoms with Crippen molar-refractivity contribution in [2.45, 2.75) is 26.3 Å². The van der Waals surface area contributed by atoms with E-state index in [1.165, 1.54) is 0 Å². The molecule has 1 N–H and O–H groups in total. The fourth-order valence-corrected chi connectivity index (χ4v) is 2.47. The lowest BCUT2D eigenvalue weighted by Gasteiger charge is -2.13. The van der Waals surface area contributed by atoms with Crippen molar-refractivity contribution in [1.29, 1.82) is 0 Å². The maximum Gasteiger partial charge on any atom is 0.251 e. The molecule has 0 bridgehead atoms. The highest BCUT2D eigenvalue weighted by molar-refractivity contribution is 9.10. The van der Waals surface area contributed by atoms with Gasteiger partial charge in [0.15, 0.2) is 0 Å². The van der Waals surface area contributed by atoms with Crippen LogP contribution < -0.4 is 5.32 Å². The fourth-order valence-electron chi connectivity index (χ4n) is 2.09. The number of halogens is 1. The van der Waals surface area contributed by atoms with Crippen molar-refractivity contribution >= 4 is 21.8 Å². The van der Waals surface area contributed by atoms with E-state index in [1.54, 1.807) is 0 Å². The molecule has 0 atom stereocenters. The number of hydrogen-bond donors (Lipinski definition) is 1. The van der Waals surface area contributed by atoms with Crippen LogP contribution in [-0.2, 0) is 6.54 Å². The fraction of sp³-hybridized carbons (Fsp3) is 0.235. The first kappa shape index (κ1) is 14.8. The summed E-state index contributed by atoms with van der Waals surface area (Å²) in [5.41, 5.74) is 2.91. The van der Waals surface area contributed by atoms with E-state index in [4.69, 9.17) is 0 Å². The summed E-state index contributed by atoms with van der Waals surface area (Å²) in [5, 5.41) is 2.98. The molecule has 0 fully saturated rings. The molecule has 0 aromatic heterocycles. The molecule has 2 aromatic carbocycles. The lowest BCUT2D eigenvalue weighted by Crippen LogP contribution is -2.24. The standard InChI is InChI=1S/C17H18BrNO/c1-12(2)16-10-14(18)8-9-15(16)17(20)19-11-13-6-4-3-5-7-13/h3-10,12H,11H2,1-2H3,(H,19,20). The number of nitrogens with one attached hydrogen (secondary N) is 1. The highest BCUT2D eigenvalue weighted by Crippen LogP contribution is 2.23. The van der Waals surface area contributed by atoms with Gasteiger partial charge < -0.3 is 5.32 Å². The Morgan fingerprint density at radius 2 is 1.85 bits per heavy atom. The number of benzene rings is 2. The van der Waals surface area contributed by atoms with Crippen molar-refractivity contribution < 1.29 is 4.79 Å². The van der Waals surface area contributed by atoms with Crippen molar-refractivity contribution in [3.05, 3.63) is 69.7 Å². The summed E-state index contributed by atoms with van der Waals surface area (Å²) in [6, 6.07) is 15.7. The molecule has 2 rings (SSSR count). The summed E-state index contributed by atoms with van der Waals surface area (Å²) >= 11 is 3.46. The molecule has 0 radical (unpaired) electrons. The van der Waals surface area contributed by atoms with Gasteiger partial charge in [-0.1, -0.05) is 60.1 Å². The van der Waals surface area contributed by atoms with Gasteiger partial charge in [0, 0.05) is 16.6 Å². The molecule has 0 saturated carbocycles. The van der Waals surface area contributed by atoms with E-state index in [9.17, 15) is 4.79 Å². The van der Waals surface area contributed by atoms with Gasteiger partial charge >= 0.3 is 0 Å². The van der Waals surface area contributed by atoms with Crippen LogP contribution in [0, 0.1) is 0 Å². The zero-order chi connectivity index (χ0) is 14.5. The average molecular weight is 332 g/mol. The van der Waals surface area contributed by atoms with Gasteiger partial charge in [0.05, 0.1) is 0 Å². The molecule has 2 nitrogen and oxygen atoms in total. The van der Waals surface area contributed by atoms with Crippen LogP contribution in [0.4, 0.5) is 0 Å². The van der Waals surface area contributed by atoms with Gasteiger partial charge in [-0.15, -0.1) is 0 Å². The van der Waals surface area contributed by atoms with Gasteiger partial charge in [-0.3, -0.25) is 4.79 Å². The summed E-state index contributed by atoms with van der Waals surface area (Å²) in [6.45, 7) is 4.73. The van der Waals surface area contributed by atoms with Crippen molar-refractivity contribution in [3.8, 4) is 0 Å². The third-order valence-electron chi connectivity index (χ3n) is 3.18. The molecule has 0 aliphatic heterocycles. The van der Waals surface area contributed by atoms with Crippen LogP contribution in [-0.4, -0.2) is 5.91 Å². The minimum atomic E-state index is -0.0231. The van der Waals surface area contributed by atoms with E-state index in [1.807, 2.05) is 48.5 Å². The van der Waals surface area contributed by atoms with E-state index in [-0.39, 0.29) is 5.91 Å². The molecule has 0 aliphatic carbocycles. The Morgan fingerprint density at radius 3 is 2.50 bits per heavy atom. The lowest BCUT2D eigenvalue weighted by atomic mass is 9.97. The summed E-state index contributed by atoms with van der Waals surface area (Å²) in [5.74, 6) is 0.287. The molecular formula is C17H18BrNO. The number of rotatable bonds is 4. The third kappa shape index (κ3) is 3.70. The molecule has 1 amide bonds. The monoisotopic (exact) mass is 331 g/mol. The summed E-state index contributed by atoms with van der Waals surface area (Å²) in [4.78, 5) is 12.3. The molecule has 0 saturated heterocycles. The zero-order valence-corrected chi connectivity index (χ0v) is 13.3. The number of carbonyl (C=O) groups is 1. The maximum absolute atomic E-state index is 12.3. The summed E-state index contributed by atoms with van der Waals surface area (Å²) in [6.07, 6.45) is 0. The molecule has 0 heterocycles. The SMILES string of the molecule is CC(C)c1cc(Br)ccc1C(=O)NCc1ccccc1. The maximum atomic E-state index is 12.3. The van der Waals surface area contributed by atoms with Crippen LogP contribution in [0.15, 0.2) is 53.0 Å². The Kier molecular flexibility index (Phi) is 4.96. The van der Waals surface area contributed by atoms with Crippen molar-refractivity contribution in [2.75, 3.05) is 0 Å². The Hall–Kier alpha value is -1.61. The highest BCUT2D eigenvalue weighted by atomic mass is 79.9. The minimum absolute atomic E-state index is 0.0231. The van der Waals surface area contributed by atoms with Crippen LogP contribution in [0.5, 0.6) is 0 Å². The van der Waals surface area contributed by atoms with Gasteiger partial charge in [0.25, 0.3) is 5.91 Å². The molecule has 104 valence electrons. The Morgan fingerprint density at radius 1 is 1.15 bits per heavy atom. The van der Waals surface area contributed by atoms with Crippen LogP contribution in [0.1, 0.15) is 41.3 Å². The van der Waals surface area contributed by atoms with Gasteiger partial charge in [-0.25, -0.2) is 0 Å². The van der Waals surface area contributed by atoms with Crippen LogP contribution in [0.2, 0.25) is 0 Å². The van der Waals surface area contributed by atoms with Crippen LogP contribution >= 0.6 is 15.9 Å². The smallest absolute Gasteiger partial charge is 0.251 e. The first-order valence-corrected chi connectivity index (χ1v) is 7.49. The quantitative estimate of drug-likeness (QED) is 0.877. The molecule has 3 heteroatoms. The van der Waals surface area contributed by atoms with E-state index in [0.29, 0.717) is 12.5 Å². The third-order valence-corrected chi connectivity index (χ3v) is 3.67. The van der Waals surface area contributed by atoms with Gasteiger partial charge in [-0.05, 0) is 35.2 Å². The Labute approximate surface area is 128 Å². The molecule has 0 unspecified atom stereocenters. The van der Waals surface area contributed by atoms with Gasteiger partial charge in [-0.2, -0.15) is 0 Å². The lowest BCUT2D eigenvalue weighted by molar-refractivity contribution is 0.0949. The second-order valence-electron chi connectivity index (χ2n) is 5.05.